The van der Waals surface area contributed by atoms with Crippen molar-refractivity contribution >= 4 is 62.2 Å². The van der Waals surface area contributed by atoms with Crippen molar-refractivity contribution in [1.82, 2.24) is 15.5 Å². The van der Waals surface area contributed by atoms with E-state index < -0.39 is 38.6 Å². The van der Waals surface area contributed by atoms with E-state index in [2.05, 4.69) is 47.7 Å². The molecule has 0 saturated heterocycles. The molecule has 0 fully saturated rings. The number of carbonyl (C=O) groups excluding carboxylic acids is 4. The molecule has 0 bridgehead atoms. The van der Waals surface area contributed by atoms with E-state index in [9.17, 15) is 37.4 Å². The van der Waals surface area contributed by atoms with Crippen molar-refractivity contribution in [3.05, 3.63) is 88.5 Å². The number of imide groups is 2. The number of aryl methyl sites for hydroxylation is 1. The number of hydrogen-bond donors (Lipinski definition) is 2. The maximum atomic E-state index is 13.7. The van der Waals surface area contributed by atoms with Gasteiger partial charge in [0.05, 0.1) is 22.6 Å². The molecule has 16 heteroatoms. The average Bonchev–Trinajstić information content (AvgIpc) is 3.20. The van der Waals surface area contributed by atoms with Crippen LogP contribution in [0.4, 0.5) is 5.69 Å². The molecule has 0 spiro atoms. The molecular weight excluding hydrogens is 761 g/mol. The fourth-order valence-electron chi connectivity index (χ4n) is 5.78. The first-order chi connectivity index (χ1) is 26.8. The summed E-state index contributed by atoms with van der Waals surface area (Å²) in [7, 11) is -3.84. The van der Waals surface area contributed by atoms with Crippen molar-refractivity contribution in [2.75, 3.05) is 38.1 Å². The van der Waals surface area contributed by atoms with Crippen molar-refractivity contribution in [2.45, 2.75) is 72.1 Å². The minimum Gasteiger partial charge on any atom is -0.744 e. The van der Waals surface area contributed by atoms with Gasteiger partial charge in [0.15, 0.2) is 0 Å². The Bertz CT molecular complexity index is 2060. The molecule has 14 nitrogen and oxygen atoms in total. The number of amides is 4. The van der Waals surface area contributed by atoms with E-state index in [1.807, 2.05) is 27.7 Å². The topological polar surface area (TPSA) is 198 Å². The molecule has 4 aromatic carbocycles. The zero-order valence-electron chi connectivity index (χ0n) is 33.4. The first kappa shape index (κ1) is 47.6. The van der Waals surface area contributed by atoms with Gasteiger partial charge in [-0.15, -0.1) is 0 Å². The summed E-state index contributed by atoms with van der Waals surface area (Å²) in [5, 5.41) is 20.4. The summed E-state index contributed by atoms with van der Waals surface area (Å²) in [6.45, 7) is 22.5. The Morgan fingerprint density at radius 2 is 1.05 bits per heavy atom. The largest absolute Gasteiger partial charge is 0.744 e. The molecule has 2 heterocycles. The SMILES string of the molecule is CC.CC.CCNCC.CCNCC.Cc1ccc(-c2ccc(N3C(=O)c4ccc5c6c(ccc(c46)C3=O)C(=O)N(C)C5=O)cc2S(=O)(=O)[O-])c(SOO[O-])c1. The second-order valence-electron chi connectivity index (χ2n) is 11.5. The Balaban J connectivity index is 0.000000675. The van der Waals surface area contributed by atoms with Crippen LogP contribution in [-0.2, 0) is 19.5 Å². The summed E-state index contributed by atoms with van der Waals surface area (Å²) in [5.74, 6) is -2.85. The molecule has 6 rings (SSSR count). The van der Waals surface area contributed by atoms with Crippen molar-refractivity contribution in [3.8, 4) is 11.1 Å². The lowest BCUT2D eigenvalue weighted by Crippen LogP contribution is -2.42. The van der Waals surface area contributed by atoms with Crippen molar-refractivity contribution in [2.24, 2.45) is 0 Å². The monoisotopic (exact) mass is 810 g/mol. The summed E-state index contributed by atoms with van der Waals surface area (Å²) in [4.78, 5) is 54.2. The van der Waals surface area contributed by atoms with E-state index in [-0.39, 0.29) is 54.7 Å². The quantitative estimate of drug-likeness (QED) is 0.0599. The van der Waals surface area contributed by atoms with Crippen LogP contribution in [0.5, 0.6) is 0 Å². The third kappa shape index (κ3) is 10.5. The van der Waals surface area contributed by atoms with E-state index in [0.29, 0.717) is 12.0 Å². The van der Waals surface area contributed by atoms with Crippen LogP contribution in [0.3, 0.4) is 0 Å². The Hall–Kier alpha value is -4.52. The molecule has 0 aromatic heterocycles. The van der Waals surface area contributed by atoms with Crippen LogP contribution in [0.2, 0.25) is 0 Å². The van der Waals surface area contributed by atoms with E-state index in [0.717, 1.165) is 47.6 Å². The number of carbonyl (C=O) groups is 4. The van der Waals surface area contributed by atoms with Crippen molar-refractivity contribution < 1.29 is 46.8 Å². The van der Waals surface area contributed by atoms with Crippen LogP contribution in [0.15, 0.2) is 70.5 Å². The number of nitrogens with one attached hydrogen (secondary N) is 2. The molecule has 0 unspecified atom stereocenters. The molecule has 304 valence electrons. The molecule has 2 aliphatic rings. The number of hydrogen-bond acceptors (Lipinski definition) is 13. The first-order valence-electron chi connectivity index (χ1n) is 18.3. The van der Waals surface area contributed by atoms with Crippen LogP contribution < -0.4 is 20.8 Å². The predicted octanol–water partition coefficient (Wildman–Crippen LogP) is 6.26. The van der Waals surface area contributed by atoms with Crippen molar-refractivity contribution in [1.29, 1.82) is 0 Å². The van der Waals surface area contributed by atoms with Crippen LogP contribution >= 0.6 is 12.0 Å². The molecule has 0 saturated carbocycles. The number of anilines is 1. The third-order valence-electron chi connectivity index (χ3n) is 8.17. The van der Waals surface area contributed by atoms with Gasteiger partial charge < -0.3 is 20.4 Å². The molecule has 4 aromatic rings. The van der Waals surface area contributed by atoms with Gasteiger partial charge in [-0.2, -0.15) is 4.33 Å². The first-order valence-corrected chi connectivity index (χ1v) is 20.5. The molecule has 2 aliphatic heterocycles. The molecule has 0 aliphatic carbocycles. The van der Waals surface area contributed by atoms with E-state index in [1.54, 1.807) is 19.1 Å². The minimum atomic E-state index is -5.17. The lowest BCUT2D eigenvalue weighted by Gasteiger charge is -2.31. The average molecular weight is 811 g/mol. The van der Waals surface area contributed by atoms with Crippen LogP contribution in [0.1, 0.15) is 102 Å². The lowest BCUT2D eigenvalue weighted by molar-refractivity contribution is -0.777. The minimum absolute atomic E-state index is 0.0120. The van der Waals surface area contributed by atoms with E-state index >= 15 is 0 Å². The highest BCUT2D eigenvalue weighted by Gasteiger charge is 2.39. The summed E-state index contributed by atoms with van der Waals surface area (Å²) < 4.78 is 41.8. The summed E-state index contributed by atoms with van der Waals surface area (Å²) in [5.41, 5.74) is 1.02. The van der Waals surface area contributed by atoms with Gasteiger partial charge in [0.25, 0.3) is 23.6 Å². The van der Waals surface area contributed by atoms with Gasteiger partial charge in [-0.1, -0.05) is 73.6 Å². The fourth-order valence-corrected chi connectivity index (χ4v) is 7.10. The second-order valence-corrected chi connectivity index (χ2v) is 13.5. The lowest BCUT2D eigenvalue weighted by atomic mass is 9.86. The van der Waals surface area contributed by atoms with Gasteiger partial charge in [0, 0.05) is 50.5 Å². The van der Waals surface area contributed by atoms with Gasteiger partial charge in [-0.3, -0.25) is 29.1 Å². The molecule has 0 radical (unpaired) electrons. The highest BCUT2D eigenvalue weighted by Crippen LogP contribution is 2.41. The Labute approximate surface area is 333 Å². The van der Waals surface area contributed by atoms with Crippen LogP contribution in [0, 0.1) is 6.92 Å². The van der Waals surface area contributed by atoms with E-state index in [1.165, 1.54) is 49.5 Å². The molecule has 56 heavy (non-hydrogen) atoms. The molecular formula is C40H50N4O10S2-2. The Kier molecular flexibility index (Phi) is 18.9. The number of nitrogens with zero attached hydrogens (tertiary/aromatic N) is 2. The zero-order valence-corrected chi connectivity index (χ0v) is 35.0. The molecule has 4 amide bonds. The Morgan fingerprint density at radius 1 is 0.643 bits per heavy atom. The highest BCUT2D eigenvalue weighted by molar-refractivity contribution is 7.94. The summed E-state index contributed by atoms with van der Waals surface area (Å²) in [6.07, 6.45) is 0. The van der Waals surface area contributed by atoms with Gasteiger partial charge >= 0.3 is 0 Å². The second kappa shape index (κ2) is 22.3. The van der Waals surface area contributed by atoms with E-state index in [4.69, 9.17) is 0 Å². The maximum Gasteiger partial charge on any atom is 0.265 e. The van der Waals surface area contributed by atoms with Gasteiger partial charge in [0.1, 0.15) is 10.1 Å². The van der Waals surface area contributed by atoms with Gasteiger partial charge in [-0.25, -0.2) is 13.3 Å². The molecule has 2 N–H and O–H groups in total. The van der Waals surface area contributed by atoms with Crippen molar-refractivity contribution in [3.63, 3.8) is 0 Å². The standard InChI is InChI=1S/C28H18N2O10S2.2C4H11N.2C2H6/c1-13-3-5-15(21(11-13)41-40-39-35)16-6-4-14(12-22(16)42(36,37)38)30-27(33)19-9-7-17-23-18(26(32)29(2)25(17)31)8-10-20(24(19)23)28(30)34;2*1-3-5-4-2;2*1-2/h3-12,35H,1-2H3,(H,36,37,38);2*5H,3-4H2,1-2H3;2*1-2H3/p-2. The fraction of sp³-hybridized carbons (Fsp3) is 0.350. The normalized spacial score (nSPS) is 12.8. The number of benzene rings is 4. The molecule has 0 atom stereocenters. The highest BCUT2D eigenvalue weighted by atomic mass is 32.2. The smallest absolute Gasteiger partial charge is 0.265 e. The summed E-state index contributed by atoms with van der Waals surface area (Å²) in [6, 6.07) is 13.7. The zero-order chi connectivity index (χ0) is 42.3. The van der Waals surface area contributed by atoms with Crippen LogP contribution in [-0.4, -0.2) is 74.7 Å². The predicted molar refractivity (Wildman–Crippen MR) is 215 cm³/mol. The van der Waals surface area contributed by atoms with Gasteiger partial charge in [-0.05, 0) is 86.7 Å². The Morgan fingerprint density at radius 3 is 1.45 bits per heavy atom. The maximum absolute atomic E-state index is 13.7. The number of rotatable bonds is 10. The van der Waals surface area contributed by atoms with Gasteiger partial charge in [0.2, 0.25) is 0 Å². The summed E-state index contributed by atoms with van der Waals surface area (Å²) >= 11 is 0.506. The van der Waals surface area contributed by atoms with Crippen LogP contribution in [0.25, 0.3) is 21.9 Å². The third-order valence-corrected chi connectivity index (χ3v) is 9.69.